The van der Waals surface area contributed by atoms with E-state index in [1.807, 2.05) is 61.5 Å². The summed E-state index contributed by atoms with van der Waals surface area (Å²) in [5.41, 5.74) is 3.98. The SMILES string of the molecule is CC1C=CC=CC=CC=CC=CC=CC=CC(OC2OC(C)C(O)C(NC(=O)OCC3c4ccccc4-c4ccccc43)C2O)CC2OC(O)(CC(O)CC(O)C(O)CCC(O)CC(O)CC(=O)OC(C)C(C)C1O)CC(O)C2C(=O)O. The van der Waals surface area contributed by atoms with Crippen LogP contribution in [0, 0.1) is 17.8 Å². The summed E-state index contributed by atoms with van der Waals surface area (Å²) in [6.45, 7) is 6.64. The van der Waals surface area contributed by atoms with E-state index < -0.39 is 159 Å². The zero-order valence-corrected chi connectivity index (χ0v) is 46.7. The first-order valence-corrected chi connectivity index (χ1v) is 28.1. The van der Waals surface area contributed by atoms with Crippen LogP contribution in [0.3, 0.4) is 0 Å². The molecule has 0 saturated carbocycles. The molecule has 1 amide bonds. The smallest absolute Gasteiger partial charge is 0.407 e. The van der Waals surface area contributed by atoms with E-state index in [4.69, 9.17) is 23.7 Å². The van der Waals surface area contributed by atoms with Crippen molar-refractivity contribution in [2.24, 2.45) is 17.8 Å². The van der Waals surface area contributed by atoms with Crippen LogP contribution >= 0.6 is 0 Å². The lowest BCUT2D eigenvalue weighted by Gasteiger charge is -2.45. The third-order valence-electron chi connectivity index (χ3n) is 15.6. The van der Waals surface area contributed by atoms with Crippen molar-refractivity contribution in [2.45, 2.75) is 182 Å². The van der Waals surface area contributed by atoms with Gasteiger partial charge < -0.3 is 85.2 Å². The number of hydrogen-bond donors (Lipinski definition) is 12. The molecule has 1 aliphatic carbocycles. The van der Waals surface area contributed by atoms with E-state index in [-0.39, 0.29) is 37.7 Å². The van der Waals surface area contributed by atoms with Gasteiger partial charge in [0.05, 0.1) is 73.5 Å². The fourth-order valence-corrected chi connectivity index (χ4v) is 10.9. The molecule has 3 heterocycles. The van der Waals surface area contributed by atoms with Gasteiger partial charge in [0, 0.05) is 43.4 Å². The molecule has 2 bridgehead atoms. The summed E-state index contributed by atoms with van der Waals surface area (Å²) in [7, 11) is 0. The average Bonchev–Trinajstić information content (AvgIpc) is 2.88. The molecule has 19 atom stereocenters. The van der Waals surface area contributed by atoms with Crippen LogP contribution in [0.4, 0.5) is 4.79 Å². The summed E-state index contributed by atoms with van der Waals surface area (Å²) in [4.78, 5) is 39.0. The van der Waals surface area contributed by atoms with Gasteiger partial charge in [0.1, 0.15) is 30.8 Å². The van der Waals surface area contributed by atoms with Crippen molar-refractivity contribution < 1.29 is 94.2 Å². The standard InChI is InChI=1S/C62H83NO19/c1-36-21-15-13-11-9-7-5-6-8-10-12-14-16-22-43(81-60-58(73)55(57(72)39(4)80-60)63-61(76)78-35-48-46-25-19-17-23-44(46)45-24-18-20-26-47(45)48)32-52-54(59(74)75)51(69)34-62(77,82-52)33-42(66)30-50(68)49(67)28-27-40(64)29-41(65)31-53(70)79-38(3)37(2)56(36)71/h5-26,36-43,48-52,54-58,60,64-69,71-73,77H,27-35H2,1-4H3,(H,63,76)(H,74,75). The number of carboxylic acids is 1. The number of aliphatic carboxylic acids is 1. The molecule has 2 aromatic carbocycles. The molecule has 19 unspecified atom stereocenters. The van der Waals surface area contributed by atoms with Gasteiger partial charge in [0.25, 0.3) is 0 Å². The van der Waals surface area contributed by atoms with E-state index in [2.05, 4.69) is 5.32 Å². The maximum absolute atomic E-state index is 13.5. The number of carbonyl (C=O) groups is 3. The van der Waals surface area contributed by atoms with Gasteiger partial charge in [-0.3, -0.25) is 9.59 Å². The second-order valence-electron chi connectivity index (χ2n) is 22.0. The first-order chi connectivity index (χ1) is 39.0. The van der Waals surface area contributed by atoms with E-state index >= 15 is 0 Å². The summed E-state index contributed by atoms with van der Waals surface area (Å²) in [6, 6.07) is 14.2. The molecule has 82 heavy (non-hydrogen) atoms. The van der Waals surface area contributed by atoms with E-state index in [0.717, 1.165) is 22.3 Å². The molecule has 20 heteroatoms. The summed E-state index contributed by atoms with van der Waals surface area (Å²) < 4.78 is 29.5. The minimum Gasteiger partial charge on any atom is -0.481 e. The number of ether oxygens (including phenoxy) is 5. The Balaban J connectivity index is 1.19. The van der Waals surface area contributed by atoms with Gasteiger partial charge >= 0.3 is 18.0 Å². The first kappa shape index (κ1) is 65.5. The second kappa shape index (κ2) is 31.3. The molecule has 12 N–H and O–H groups in total. The van der Waals surface area contributed by atoms with Crippen LogP contribution in [0.15, 0.2) is 134 Å². The van der Waals surface area contributed by atoms with Gasteiger partial charge in [-0.25, -0.2) is 4.79 Å². The molecule has 20 nitrogen and oxygen atoms in total. The summed E-state index contributed by atoms with van der Waals surface area (Å²) >= 11 is 0. The molecule has 2 saturated heterocycles. The number of nitrogens with one attached hydrogen (secondary N) is 1. The Morgan fingerprint density at radius 2 is 1.21 bits per heavy atom. The monoisotopic (exact) mass is 1150 g/mol. The third kappa shape index (κ3) is 18.7. The average molecular weight is 1150 g/mol. The van der Waals surface area contributed by atoms with Gasteiger partial charge in [0.15, 0.2) is 12.1 Å². The highest BCUT2D eigenvalue weighted by atomic mass is 16.7. The quantitative estimate of drug-likeness (QED) is 0.180. The Morgan fingerprint density at radius 3 is 1.80 bits per heavy atom. The zero-order chi connectivity index (χ0) is 59.7. The third-order valence-corrected chi connectivity index (χ3v) is 15.6. The summed E-state index contributed by atoms with van der Waals surface area (Å²) in [6.07, 6.45) is 0.660. The van der Waals surface area contributed by atoms with Crippen LogP contribution in [0.5, 0.6) is 0 Å². The number of hydrogen-bond acceptors (Lipinski definition) is 18. The number of carboxylic acid groups (broad SMARTS) is 1. The molecular weight excluding hydrogens is 1060 g/mol. The largest absolute Gasteiger partial charge is 0.481 e. The molecule has 6 rings (SSSR count). The number of cyclic esters (lactones) is 1. The maximum atomic E-state index is 13.5. The topological polar surface area (TPSA) is 332 Å². The van der Waals surface area contributed by atoms with Crippen LogP contribution < -0.4 is 5.32 Å². The van der Waals surface area contributed by atoms with Gasteiger partial charge in [-0.15, -0.1) is 0 Å². The number of benzene rings is 2. The van der Waals surface area contributed by atoms with Crippen molar-refractivity contribution in [3.63, 3.8) is 0 Å². The van der Waals surface area contributed by atoms with Crippen LogP contribution in [-0.4, -0.2) is 178 Å². The highest BCUT2D eigenvalue weighted by molar-refractivity contribution is 5.79. The lowest BCUT2D eigenvalue weighted by molar-refractivity contribution is -0.309. The Morgan fingerprint density at radius 1 is 0.634 bits per heavy atom. The molecular formula is C62H83NO19. The number of aliphatic hydroxyl groups is 10. The molecule has 0 radical (unpaired) electrons. The number of rotatable bonds is 6. The van der Waals surface area contributed by atoms with Gasteiger partial charge in [-0.1, -0.05) is 147 Å². The van der Waals surface area contributed by atoms with E-state index in [0.29, 0.717) is 0 Å². The number of allylic oxidation sites excluding steroid dienone is 12. The number of carbonyl (C=O) groups excluding carboxylic acids is 2. The molecule has 2 aromatic rings. The van der Waals surface area contributed by atoms with Crippen molar-refractivity contribution in [3.8, 4) is 11.1 Å². The lowest BCUT2D eigenvalue weighted by Crippen LogP contribution is -2.64. The highest BCUT2D eigenvalue weighted by Gasteiger charge is 2.51. The highest BCUT2D eigenvalue weighted by Crippen LogP contribution is 2.45. The summed E-state index contributed by atoms with van der Waals surface area (Å²) in [5, 5.41) is 124. The number of amides is 1. The van der Waals surface area contributed by atoms with Crippen LogP contribution in [0.1, 0.15) is 96.1 Å². The van der Waals surface area contributed by atoms with Crippen molar-refractivity contribution in [1.82, 2.24) is 5.32 Å². The summed E-state index contributed by atoms with van der Waals surface area (Å²) in [5.74, 6) is -7.35. The van der Waals surface area contributed by atoms with E-state index in [9.17, 15) is 70.6 Å². The van der Waals surface area contributed by atoms with Crippen molar-refractivity contribution in [3.05, 3.63) is 145 Å². The van der Waals surface area contributed by atoms with Crippen molar-refractivity contribution in [2.75, 3.05) is 6.61 Å². The molecule has 0 spiro atoms. The predicted octanol–water partition coefficient (Wildman–Crippen LogP) is 4.29. The molecule has 450 valence electrons. The zero-order valence-electron chi connectivity index (χ0n) is 46.7. The van der Waals surface area contributed by atoms with Gasteiger partial charge in [-0.05, 0) is 55.4 Å². The molecule has 2 fully saturated rings. The Labute approximate surface area is 478 Å². The van der Waals surface area contributed by atoms with E-state index in [1.165, 1.54) is 13.0 Å². The van der Waals surface area contributed by atoms with Crippen LogP contribution in [0.2, 0.25) is 0 Å². The van der Waals surface area contributed by atoms with E-state index in [1.54, 1.807) is 86.8 Å². The second-order valence-corrected chi connectivity index (χ2v) is 22.0. The number of alkyl carbamates (subject to hydrolysis) is 1. The molecule has 4 aliphatic rings. The molecule has 3 aliphatic heterocycles. The number of fused-ring (bicyclic) bond motifs is 5. The minimum absolute atomic E-state index is 0.0562. The fourth-order valence-electron chi connectivity index (χ4n) is 10.9. The lowest BCUT2D eigenvalue weighted by atomic mass is 9.82. The number of esters is 1. The maximum Gasteiger partial charge on any atom is 0.407 e. The van der Waals surface area contributed by atoms with Crippen molar-refractivity contribution >= 4 is 18.0 Å². The first-order valence-electron chi connectivity index (χ1n) is 28.1. The Bertz CT molecular complexity index is 2550. The van der Waals surface area contributed by atoms with Crippen LogP contribution in [-0.2, 0) is 33.3 Å². The normalized spacial score (nSPS) is 36.2. The minimum atomic E-state index is -2.40. The molecule has 0 aromatic heterocycles. The Kier molecular flexibility index (Phi) is 25.0. The van der Waals surface area contributed by atoms with Gasteiger partial charge in [0.2, 0.25) is 0 Å². The van der Waals surface area contributed by atoms with Gasteiger partial charge in [-0.2, -0.15) is 0 Å². The van der Waals surface area contributed by atoms with Crippen LogP contribution in [0.25, 0.3) is 11.1 Å². The fraction of sp³-hybridized carbons (Fsp3) is 0.532. The predicted molar refractivity (Wildman–Crippen MR) is 301 cm³/mol. The Hall–Kier alpha value is -5.69. The number of aliphatic hydroxyl groups excluding tert-OH is 9. The van der Waals surface area contributed by atoms with Crippen molar-refractivity contribution in [1.29, 1.82) is 0 Å².